The first-order valence-corrected chi connectivity index (χ1v) is 6.43. The Morgan fingerprint density at radius 2 is 2.17 bits per heavy atom. The third kappa shape index (κ3) is 2.98. The molecule has 0 bridgehead atoms. The van der Waals surface area contributed by atoms with Crippen molar-refractivity contribution in [1.82, 2.24) is 19.5 Å². The predicted octanol–water partition coefficient (Wildman–Crippen LogP) is 1.13. The van der Waals surface area contributed by atoms with Crippen LogP contribution in [0.5, 0.6) is 0 Å². The number of rotatable bonds is 6. The van der Waals surface area contributed by atoms with Crippen molar-refractivity contribution in [2.45, 2.75) is 26.8 Å². The van der Waals surface area contributed by atoms with E-state index in [1.165, 1.54) is 4.68 Å². The molecule has 0 saturated carbocycles. The van der Waals surface area contributed by atoms with Gasteiger partial charge in [-0.2, -0.15) is 0 Å². The molecule has 0 saturated heterocycles. The van der Waals surface area contributed by atoms with Crippen LogP contribution in [-0.2, 0) is 6.54 Å². The third-order valence-electron chi connectivity index (χ3n) is 2.89. The second kappa shape index (κ2) is 5.82. The van der Waals surface area contributed by atoms with Gasteiger partial charge in [-0.3, -0.25) is 4.40 Å². The molecule has 0 aliphatic carbocycles. The molecule has 0 atom stereocenters. The summed E-state index contributed by atoms with van der Waals surface area (Å²) in [7, 11) is 0. The van der Waals surface area contributed by atoms with Crippen LogP contribution >= 0.6 is 0 Å². The van der Waals surface area contributed by atoms with E-state index in [4.69, 9.17) is 0 Å². The van der Waals surface area contributed by atoms with E-state index in [0.717, 1.165) is 19.5 Å². The maximum atomic E-state index is 11.9. The number of nitrogens with zero attached hydrogens (tertiary/aromatic N) is 3. The van der Waals surface area contributed by atoms with Crippen molar-refractivity contribution in [3.63, 3.8) is 0 Å². The van der Waals surface area contributed by atoms with E-state index in [1.54, 1.807) is 10.6 Å². The molecule has 5 nitrogen and oxygen atoms in total. The molecular formula is C13H20N4O. The first-order chi connectivity index (χ1) is 8.68. The summed E-state index contributed by atoms with van der Waals surface area (Å²) in [5.74, 6) is 0.704. The Kier molecular flexibility index (Phi) is 4.15. The lowest BCUT2D eigenvalue weighted by Crippen LogP contribution is -2.28. The Morgan fingerprint density at radius 3 is 2.89 bits per heavy atom. The normalized spacial score (nSPS) is 11.5. The van der Waals surface area contributed by atoms with Gasteiger partial charge < -0.3 is 5.32 Å². The van der Waals surface area contributed by atoms with Gasteiger partial charge in [-0.05, 0) is 31.0 Å². The Hall–Kier alpha value is -1.62. The summed E-state index contributed by atoms with van der Waals surface area (Å²) in [5.41, 5.74) is 0.626. The number of hydrogen-bond donors (Lipinski definition) is 1. The minimum atomic E-state index is -0.0729. The standard InChI is InChI=1S/C13H20N4O/c1-11(2)6-7-14-8-10-17-13(18)16-9-4-3-5-12(16)15-17/h3-5,9,11,14H,6-8,10H2,1-2H3. The second-order valence-electron chi connectivity index (χ2n) is 4.87. The topological polar surface area (TPSA) is 51.3 Å². The monoisotopic (exact) mass is 248 g/mol. The molecule has 2 aromatic rings. The smallest absolute Gasteiger partial charge is 0.315 e. The fourth-order valence-electron chi connectivity index (χ4n) is 1.81. The molecule has 0 amide bonds. The Balaban J connectivity index is 1.92. The average molecular weight is 248 g/mol. The van der Waals surface area contributed by atoms with Crippen molar-refractivity contribution >= 4 is 5.65 Å². The summed E-state index contributed by atoms with van der Waals surface area (Å²) in [4.78, 5) is 11.9. The molecule has 98 valence electrons. The van der Waals surface area contributed by atoms with Crippen LogP contribution in [0.2, 0.25) is 0 Å². The second-order valence-corrected chi connectivity index (χ2v) is 4.87. The van der Waals surface area contributed by atoms with Crippen LogP contribution in [0.4, 0.5) is 0 Å². The Labute approximate surface area is 106 Å². The van der Waals surface area contributed by atoms with Crippen LogP contribution in [-0.4, -0.2) is 27.3 Å². The van der Waals surface area contributed by atoms with E-state index in [9.17, 15) is 4.79 Å². The lowest BCUT2D eigenvalue weighted by atomic mass is 10.1. The highest BCUT2D eigenvalue weighted by Gasteiger charge is 2.04. The van der Waals surface area contributed by atoms with Gasteiger partial charge in [0.2, 0.25) is 0 Å². The summed E-state index contributed by atoms with van der Waals surface area (Å²) in [6.45, 7) is 6.78. The van der Waals surface area contributed by atoms with E-state index in [1.807, 2.05) is 18.2 Å². The summed E-state index contributed by atoms with van der Waals surface area (Å²) in [5, 5.41) is 7.60. The first-order valence-electron chi connectivity index (χ1n) is 6.43. The molecule has 18 heavy (non-hydrogen) atoms. The molecular weight excluding hydrogens is 228 g/mol. The van der Waals surface area contributed by atoms with Crippen LogP contribution < -0.4 is 11.0 Å². The molecule has 0 aliphatic heterocycles. The van der Waals surface area contributed by atoms with Crippen LogP contribution in [0.25, 0.3) is 5.65 Å². The van der Waals surface area contributed by atoms with Crippen molar-refractivity contribution in [2.75, 3.05) is 13.1 Å². The van der Waals surface area contributed by atoms with Crippen molar-refractivity contribution in [2.24, 2.45) is 5.92 Å². The fourth-order valence-corrected chi connectivity index (χ4v) is 1.81. The molecule has 2 heterocycles. The van der Waals surface area contributed by atoms with Crippen molar-refractivity contribution < 1.29 is 0 Å². The maximum Gasteiger partial charge on any atom is 0.350 e. The van der Waals surface area contributed by atoms with E-state index < -0.39 is 0 Å². The van der Waals surface area contributed by atoms with Gasteiger partial charge in [0.05, 0.1) is 6.54 Å². The van der Waals surface area contributed by atoms with Crippen LogP contribution in [0.1, 0.15) is 20.3 Å². The minimum absolute atomic E-state index is 0.0729. The highest BCUT2D eigenvalue weighted by Crippen LogP contribution is 1.96. The van der Waals surface area contributed by atoms with Crippen molar-refractivity contribution in [3.8, 4) is 0 Å². The molecule has 5 heteroatoms. The van der Waals surface area contributed by atoms with Gasteiger partial charge in [0.1, 0.15) is 0 Å². The van der Waals surface area contributed by atoms with Gasteiger partial charge >= 0.3 is 5.69 Å². The summed E-state index contributed by atoms with van der Waals surface area (Å²) >= 11 is 0. The molecule has 1 N–H and O–H groups in total. The van der Waals surface area contributed by atoms with Gasteiger partial charge in [-0.25, -0.2) is 9.48 Å². The summed E-state index contributed by atoms with van der Waals surface area (Å²) in [6, 6.07) is 5.55. The van der Waals surface area contributed by atoms with Crippen LogP contribution in [0, 0.1) is 5.92 Å². The molecule has 0 radical (unpaired) electrons. The van der Waals surface area contributed by atoms with Gasteiger partial charge in [0, 0.05) is 12.7 Å². The largest absolute Gasteiger partial charge is 0.350 e. The number of pyridine rings is 1. The van der Waals surface area contributed by atoms with E-state index >= 15 is 0 Å². The zero-order valence-electron chi connectivity index (χ0n) is 11.0. The van der Waals surface area contributed by atoms with Gasteiger partial charge in [-0.15, -0.1) is 5.10 Å². The molecule has 0 aliphatic rings. The van der Waals surface area contributed by atoms with E-state index in [2.05, 4.69) is 24.3 Å². The highest BCUT2D eigenvalue weighted by molar-refractivity contribution is 5.35. The Bertz CT molecular complexity index is 555. The number of fused-ring (bicyclic) bond motifs is 1. The fraction of sp³-hybridized carbons (Fsp3) is 0.538. The minimum Gasteiger partial charge on any atom is -0.315 e. The quantitative estimate of drug-likeness (QED) is 0.780. The summed E-state index contributed by atoms with van der Waals surface area (Å²) in [6.07, 6.45) is 2.90. The molecule has 0 fully saturated rings. The highest BCUT2D eigenvalue weighted by atomic mass is 16.2. The SMILES string of the molecule is CC(C)CCNCCn1nc2ccccn2c1=O. The van der Waals surface area contributed by atoms with Crippen LogP contribution in [0.15, 0.2) is 29.2 Å². The lowest BCUT2D eigenvalue weighted by Gasteiger charge is -2.06. The molecule has 2 aromatic heterocycles. The van der Waals surface area contributed by atoms with E-state index in [-0.39, 0.29) is 5.69 Å². The van der Waals surface area contributed by atoms with Crippen molar-refractivity contribution in [1.29, 1.82) is 0 Å². The molecule has 0 spiro atoms. The average Bonchev–Trinajstić information content (AvgIpc) is 2.66. The Morgan fingerprint density at radius 1 is 1.33 bits per heavy atom. The lowest BCUT2D eigenvalue weighted by molar-refractivity contribution is 0.500. The number of hydrogen-bond acceptors (Lipinski definition) is 3. The molecule has 2 rings (SSSR count). The first kappa shape index (κ1) is 12.8. The molecule has 0 unspecified atom stereocenters. The maximum absolute atomic E-state index is 11.9. The van der Waals surface area contributed by atoms with Gasteiger partial charge in [0.25, 0.3) is 0 Å². The summed E-state index contributed by atoms with van der Waals surface area (Å²) < 4.78 is 3.08. The molecule has 0 aromatic carbocycles. The zero-order chi connectivity index (χ0) is 13.0. The number of aromatic nitrogens is 3. The van der Waals surface area contributed by atoms with Gasteiger partial charge in [-0.1, -0.05) is 19.9 Å². The predicted molar refractivity (Wildman–Crippen MR) is 71.8 cm³/mol. The zero-order valence-corrected chi connectivity index (χ0v) is 11.0. The van der Waals surface area contributed by atoms with Crippen molar-refractivity contribution in [3.05, 3.63) is 34.9 Å². The van der Waals surface area contributed by atoms with Crippen LogP contribution in [0.3, 0.4) is 0 Å². The number of nitrogens with one attached hydrogen (secondary N) is 1. The van der Waals surface area contributed by atoms with E-state index in [0.29, 0.717) is 18.1 Å². The van der Waals surface area contributed by atoms with Gasteiger partial charge in [0.15, 0.2) is 5.65 Å². The third-order valence-corrected chi connectivity index (χ3v) is 2.89.